The zero-order chi connectivity index (χ0) is 11.0. The van der Waals surface area contributed by atoms with Gasteiger partial charge in [-0.3, -0.25) is 0 Å². The summed E-state index contributed by atoms with van der Waals surface area (Å²) in [7, 11) is 0. The summed E-state index contributed by atoms with van der Waals surface area (Å²) in [4.78, 5) is 4.41. The molecule has 0 saturated heterocycles. The number of allylic oxidation sites excluding steroid dienone is 1. The third kappa shape index (κ3) is 1.29. The number of hydrogen-bond acceptors (Lipinski definition) is 4. The lowest BCUT2D eigenvalue weighted by atomic mass is 10.0. The van der Waals surface area contributed by atoms with E-state index in [1.165, 1.54) is 11.1 Å². The minimum atomic E-state index is 0.563. The standard InChI is InChI=1S/C12H12N4/c13-6-11-9-3-1-2-8(9)10-7-14-4-5-15-12(10)16-11/h1-2,14H,3-5,7H2,(H,15,16). The van der Waals surface area contributed by atoms with E-state index in [-0.39, 0.29) is 0 Å². The number of anilines is 1. The first-order valence-electron chi connectivity index (χ1n) is 5.47. The van der Waals surface area contributed by atoms with E-state index in [2.05, 4.69) is 33.8 Å². The smallest absolute Gasteiger partial charge is 0.147 e. The Morgan fingerprint density at radius 2 is 2.25 bits per heavy atom. The molecule has 1 aromatic rings. The molecule has 16 heavy (non-hydrogen) atoms. The van der Waals surface area contributed by atoms with E-state index in [0.717, 1.165) is 37.4 Å². The monoisotopic (exact) mass is 212 g/mol. The van der Waals surface area contributed by atoms with Gasteiger partial charge in [0.05, 0.1) is 0 Å². The van der Waals surface area contributed by atoms with E-state index in [4.69, 9.17) is 5.26 Å². The van der Waals surface area contributed by atoms with Gasteiger partial charge in [-0.25, -0.2) is 4.98 Å². The van der Waals surface area contributed by atoms with Crippen LogP contribution in [0.2, 0.25) is 0 Å². The molecule has 0 bridgehead atoms. The molecule has 2 aliphatic rings. The molecular formula is C12H12N4. The maximum atomic E-state index is 9.09. The molecule has 0 aromatic carbocycles. The lowest BCUT2D eigenvalue weighted by Crippen LogP contribution is -2.17. The Kier molecular flexibility index (Phi) is 2.12. The normalized spacial score (nSPS) is 16.9. The van der Waals surface area contributed by atoms with Crippen molar-refractivity contribution in [1.82, 2.24) is 10.3 Å². The molecule has 0 atom stereocenters. The van der Waals surface area contributed by atoms with Crippen molar-refractivity contribution in [1.29, 1.82) is 5.26 Å². The molecule has 1 aliphatic heterocycles. The molecule has 1 aromatic heterocycles. The van der Waals surface area contributed by atoms with Crippen molar-refractivity contribution < 1.29 is 0 Å². The van der Waals surface area contributed by atoms with Gasteiger partial charge in [-0.1, -0.05) is 12.2 Å². The van der Waals surface area contributed by atoms with Crippen molar-refractivity contribution in [3.63, 3.8) is 0 Å². The van der Waals surface area contributed by atoms with Crippen LogP contribution in [0, 0.1) is 11.3 Å². The zero-order valence-electron chi connectivity index (χ0n) is 8.88. The van der Waals surface area contributed by atoms with Gasteiger partial charge in [0.15, 0.2) is 0 Å². The van der Waals surface area contributed by atoms with E-state index in [1.54, 1.807) is 0 Å². The van der Waals surface area contributed by atoms with Gasteiger partial charge in [-0.15, -0.1) is 0 Å². The van der Waals surface area contributed by atoms with E-state index in [9.17, 15) is 0 Å². The SMILES string of the molecule is N#Cc1nc2c(c3c1CC=C3)CNCCN2. The number of pyridine rings is 1. The molecule has 0 spiro atoms. The number of nitrogens with zero attached hydrogens (tertiary/aromatic N) is 2. The van der Waals surface area contributed by atoms with Crippen molar-refractivity contribution in [3.05, 3.63) is 28.5 Å². The molecule has 2 heterocycles. The molecule has 2 N–H and O–H groups in total. The van der Waals surface area contributed by atoms with Crippen LogP contribution in [-0.4, -0.2) is 18.1 Å². The van der Waals surface area contributed by atoms with Crippen LogP contribution in [0.3, 0.4) is 0 Å². The summed E-state index contributed by atoms with van der Waals surface area (Å²) in [5.74, 6) is 0.867. The Labute approximate surface area is 94.0 Å². The molecular weight excluding hydrogens is 200 g/mol. The highest BCUT2D eigenvalue weighted by Crippen LogP contribution is 2.30. The average molecular weight is 212 g/mol. The summed E-state index contributed by atoms with van der Waals surface area (Å²) in [5, 5.41) is 15.7. The molecule has 4 heteroatoms. The van der Waals surface area contributed by atoms with Crippen molar-refractivity contribution in [2.24, 2.45) is 0 Å². The summed E-state index contributed by atoms with van der Waals surface area (Å²) >= 11 is 0. The molecule has 0 fully saturated rings. The first kappa shape index (κ1) is 9.37. The molecule has 0 radical (unpaired) electrons. The lowest BCUT2D eigenvalue weighted by molar-refractivity contribution is 0.724. The summed E-state index contributed by atoms with van der Waals surface area (Å²) in [6.45, 7) is 2.61. The second kappa shape index (κ2) is 3.62. The van der Waals surface area contributed by atoms with Gasteiger partial charge in [-0.05, 0) is 12.0 Å². The number of nitrogens with one attached hydrogen (secondary N) is 2. The topological polar surface area (TPSA) is 60.7 Å². The summed E-state index contributed by atoms with van der Waals surface area (Å²) in [6, 6.07) is 2.19. The van der Waals surface area contributed by atoms with Crippen LogP contribution in [0.1, 0.15) is 22.4 Å². The van der Waals surface area contributed by atoms with Gasteiger partial charge in [0, 0.05) is 30.8 Å². The van der Waals surface area contributed by atoms with Gasteiger partial charge in [-0.2, -0.15) is 5.26 Å². The Bertz CT molecular complexity index is 511. The number of rotatable bonds is 0. The van der Waals surface area contributed by atoms with Gasteiger partial charge < -0.3 is 10.6 Å². The van der Waals surface area contributed by atoms with Gasteiger partial charge in [0.25, 0.3) is 0 Å². The predicted octanol–water partition coefficient (Wildman–Crippen LogP) is 1.04. The summed E-state index contributed by atoms with van der Waals surface area (Å²) in [5.41, 5.74) is 4.02. The molecule has 0 amide bonds. The minimum absolute atomic E-state index is 0.563. The average Bonchev–Trinajstić information content (AvgIpc) is 2.67. The summed E-state index contributed by atoms with van der Waals surface area (Å²) < 4.78 is 0. The van der Waals surface area contributed by atoms with E-state index in [0.29, 0.717) is 5.69 Å². The fraction of sp³-hybridized carbons (Fsp3) is 0.333. The maximum Gasteiger partial charge on any atom is 0.147 e. The first-order chi connectivity index (χ1) is 7.90. The third-order valence-corrected chi connectivity index (χ3v) is 3.05. The number of nitriles is 1. The van der Waals surface area contributed by atoms with Crippen LogP contribution in [0.25, 0.3) is 6.08 Å². The lowest BCUT2D eigenvalue weighted by Gasteiger charge is -2.12. The molecule has 3 rings (SSSR count). The van der Waals surface area contributed by atoms with Crippen molar-refractivity contribution >= 4 is 11.9 Å². The van der Waals surface area contributed by atoms with Gasteiger partial charge >= 0.3 is 0 Å². The van der Waals surface area contributed by atoms with Crippen molar-refractivity contribution in [3.8, 4) is 6.07 Å². The Balaban J connectivity index is 2.23. The van der Waals surface area contributed by atoms with Crippen LogP contribution in [-0.2, 0) is 13.0 Å². The predicted molar refractivity (Wildman–Crippen MR) is 61.9 cm³/mol. The Morgan fingerprint density at radius 1 is 1.31 bits per heavy atom. The Morgan fingerprint density at radius 3 is 3.12 bits per heavy atom. The largest absolute Gasteiger partial charge is 0.368 e. The quantitative estimate of drug-likeness (QED) is 0.674. The van der Waals surface area contributed by atoms with Gasteiger partial charge in [0.2, 0.25) is 0 Å². The highest BCUT2D eigenvalue weighted by atomic mass is 15.0. The molecule has 80 valence electrons. The van der Waals surface area contributed by atoms with Crippen LogP contribution >= 0.6 is 0 Å². The minimum Gasteiger partial charge on any atom is -0.368 e. The van der Waals surface area contributed by atoms with E-state index in [1.807, 2.05) is 0 Å². The van der Waals surface area contributed by atoms with Crippen LogP contribution < -0.4 is 10.6 Å². The Hall–Kier alpha value is -1.86. The zero-order valence-corrected chi connectivity index (χ0v) is 8.88. The second-order valence-corrected chi connectivity index (χ2v) is 4.00. The second-order valence-electron chi connectivity index (χ2n) is 4.00. The highest BCUT2D eigenvalue weighted by Gasteiger charge is 2.20. The number of hydrogen-bond donors (Lipinski definition) is 2. The van der Waals surface area contributed by atoms with E-state index < -0.39 is 0 Å². The van der Waals surface area contributed by atoms with Crippen molar-refractivity contribution in [2.45, 2.75) is 13.0 Å². The van der Waals surface area contributed by atoms with Crippen molar-refractivity contribution in [2.75, 3.05) is 18.4 Å². The highest BCUT2D eigenvalue weighted by molar-refractivity contribution is 5.71. The summed E-state index contributed by atoms with van der Waals surface area (Å²) in [6.07, 6.45) is 5.03. The fourth-order valence-electron chi connectivity index (χ4n) is 2.29. The third-order valence-electron chi connectivity index (χ3n) is 3.05. The van der Waals surface area contributed by atoms with Crippen LogP contribution in [0.5, 0.6) is 0 Å². The molecule has 0 unspecified atom stereocenters. The van der Waals surface area contributed by atoms with Gasteiger partial charge in [0.1, 0.15) is 17.6 Å². The number of fused-ring (bicyclic) bond motifs is 3. The first-order valence-corrected chi connectivity index (χ1v) is 5.47. The number of aromatic nitrogens is 1. The van der Waals surface area contributed by atoms with E-state index >= 15 is 0 Å². The fourth-order valence-corrected chi connectivity index (χ4v) is 2.29. The molecule has 0 saturated carbocycles. The van der Waals surface area contributed by atoms with Crippen LogP contribution in [0.4, 0.5) is 5.82 Å². The van der Waals surface area contributed by atoms with Crippen LogP contribution in [0.15, 0.2) is 6.08 Å². The molecule has 4 nitrogen and oxygen atoms in total. The molecule has 1 aliphatic carbocycles. The maximum absolute atomic E-state index is 9.09.